The first-order chi connectivity index (χ1) is 9.81. The van der Waals surface area contributed by atoms with E-state index in [1.807, 2.05) is 12.1 Å². The van der Waals surface area contributed by atoms with Gasteiger partial charge in [0.15, 0.2) is 0 Å². The maximum atomic E-state index is 5.75. The number of benzene rings is 2. The lowest BCUT2D eigenvalue weighted by Crippen LogP contribution is -2.35. The van der Waals surface area contributed by atoms with Gasteiger partial charge in [0, 0.05) is 11.7 Å². The zero-order chi connectivity index (χ0) is 13.8. The van der Waals surface area contributed by atoms with Crippen molar-refractivity contribution in [2.24, 2.45) is 0 Å². The van der Waals surface area contributed by atoms with Crippen LogP contribution >= 0.6 is 0 Å². The van der Waals surface area contributed by atoms with Gasteiger partial charge in [-0.25, -0.2) is 0 Å². The zero-order valence-electron chi connectivity index (χ0n) is 11.8. The fourth-order valence-corrected chi connectivity index (χ4v) is 2.94. The number of piperidine rings is 1. The summed E-state index contributed by atoms with van der Waals surface area (Å²) in [6.07, 6.45) is 5.10. The van der Waals surface area contributed by atoms with Crippen molar-refractivity contribution in [3.63, 3.8) is 0 Å². The van der Waals surface area contributed by atoms with Gasteiger partial charge in [-0.3, -0.25) is 0 Å². The van der Waals surface area contributed by atoms with Crippen LogP contribution in [0.1, 0.15) is 24.8 Å². The highest BCUT2D eigenvalue weighted by Gasteiger charge is 2.13. The molecule has 0 radical (unpaired) electrons. The predicted octanol–water partition coefficient (Wildman–Crippen LogP) is 3.62. The summed E-state index contributed by atoms with van der Waals surface area (Å²) >= 11 is 0. The van der Waals surface area contributed by atoms with Crippen molar-refractivity contribution in [2.45, 2.75) is 31.7 Å². The molecule has 2 aromatic rings. The molecule has 104 valence electrons. The molecule has 1 heterocycles. The quantitative estimate of drug-likeness (QED) is 0.833. The molecule has 1 saturated heterocycles. The average Bonchev–Trinajstić information content (AvgIpc) is 2.49. The summed E-state index contributed by atoms with van der Waals surface area (Å²) in [6.45, 7) is 1.17. The van der Waals surface area contributed by atoms with Gasteiger partial charge in [0.25, 0.3) is 0 Å². The molecule has 0 unspecified atom stereocenters. The first-order valence-electron chi connectivity index (χ1n) is 7.49. The third-order valence-electron chi connectivity index (χ3n) is 4.07. The third-order valence-corrected chi connectivity index (χ3v) is 4.07. The Labute approximate surface area is 121 Å². The molecule has 0 bridgehead atoms. The Kier molecular flexibility index (Phi) is 4.03. The van der Waals surface area contributed by atoms with Crippen LogP contribution in [0.2, 0.25) is 0 Å². The largest absolute Gasteiger partial charge is 0.399 e. The van der Waals surface area contributed by atoms with Gasteiger partial charge in [-0.05, 0) is 54.6 Å². The lowest BCUT2D eigenvalue weighted by Gasteiger charge is -2.23. The van der Waals surface area contributed by atoms with Crippen LogP contribution in [0.4, 0.5) is 5.69 Å². The predicted molar refractivity (Wildman–Crippen MR) is 85.6 cm³/mol. The van der Waals surface area contributed by atoms with Crippen molar-refractivity contribution >= 4 is 5.69 Å². The number of nitrogens with one attached hydrogen (secondary N) is 1. The topological polar surface area (TPSA) is 38.0 Å². The summed E-state index contributed by atoms with van der Waals surface area (Å²) in [4.78, 5) is 0. The summed E-state index contributed by atoms with van der Waals surface area (Å²) in [6, 6.07) is 17.6. The van der Waals surface area contributed by atoms with E-state index < -0.39 is 0 Å². The van der Waals surface area contributed by atoms with Crippen LogP contribution in [0.15, 0.2) is 48.5 Å². The van der Waals surface area contributed by atoms with Gasteiger partial charge in [0.1, 0.15) is 0 Å². The Bertz CT molecular complexity index is 554. The number of hydrogen-bond acceptors (Lipinski definition) is 2. The first-order valence-corrected chi connectivity index (χ1v) is 7.49. The minimum absolute atomic E-state index is 0.644. The number of rotatable bonds is 3. The Morgan fingerprint density at radius 2 is 1.85 bits per heavy atom. The van der Waals surface area contributed by atoms with Crippen LogP contribution in [0.3, 0.4) is 0 Å². The van der Waals surface area contributed by atoms with Crippen LogP contribution < -0.4 is 11.1 Å². The molecular weight excluding hydrogens is 244 g/mol. The standard InChI is InChI=1S/C18H22N2/c19-17-9-7-15(8-10-17)16-5-3-4-14(12-16)13-18-6-1-2-11-20-18/h3-5,7-10,12,18,20H,1-2,6,11,13,19H2/t18-/m0/s1. The molecule has 2 nitrogen and oxygen atoms in total. The molecule has 0 spiro atoms. The van der Waals surface area contributed by atoms with Gasteiger partial charge in [-0.1, -0.05) is 42.8 Å². The molecule has 2 heteroatoms. The first kappa shape index (κ1) is 13.2. The number of nitrogens with two attached hydrogens (primary N) is 1. The van der Waals surface area contributed by atoms with E-state index in [0.29, 0.717) is 6.04 Å². The Morgan fingerprint density at radius 1 is 1.00 bits per heavy atom. The lowest BCUT2D eigenvalue weighted by molar-refractivity contribution is 0.399. The normalized spacial score (nSPS) is 18.9. The average molecular weight is 266 g/mol. The minimum atomic E-state index is 0.644. The van der Waals surface area contributed by atoms with Gasteiger partial charge < -0.3 is 11.1 Å². The molecule has 0 amide bonds. The van der Waals surface area contributed by atoms with Crippen LogP contribution in [-0.2, 0) is 6.42 Å². The Hall–Kier alpha value is -1.80. The van der Waals surface area contributed by atoms with E-state index in [9.17, 15) is 0 Å². The van der Waals surface area contributed by atoms with E-state index in [4.69, 9.17) is 5.73 Å². The van der Waals surface area contributed by atoms with Crippen molar-refractivity contribution in [2.75, 3.05) is 12.3 Å². The summed E-state index contributed by atoms with van der Waals surface area (Å²) < 4.78 is 0. The van der Waals surface area contributed by atoms with Gasteiger partial charge in [-0.15, -0.1) is 0 Å². The molecule has 2 aromatic carbocycles. The van der Waals surface area contributed by atoms with E-state index in [0.717, 1.165) is 12.1 Å². The highest BCUT2D eigenvalue weighted by atomic mass is 14.9. The van der Waals surface area contributed by atoms with Crippen molar-refractivity contribution < 1.29 is 0 Å². The SMILES string of the molecule is Nc1ccc(-c2cccc(C[C@@H]3CCCCN3)c2)cc1. The summed E-state index contributed by atoms with van der Waals surface area (Å²) in [5.41, 5.74) is 10.5. The number of hydrogen-bond donors (Lipinski definition) is 2. The molecule has 1 atom stereocenters. The van der Waals surface area contributed by atoms with E-state index in [1.165, 1.54) is 42.5 Å². The molecule has 1 fully saturated rings. The van der Waals surface area contributed by atoms with Crippen LogP contribution in [-0.4, -0.2) is 12.6 Å². The molecule has 0 saturated carbocycles. The Morgan fingerprint density at radius 3 is 2.60 bits per heavy atom. The van der Waals surface area contributed by atoms with Crippen molar-refractivity contribution in [3.05, 3.63) is 54.1 Å². The molecule has 3 N–H and O–H groups in total. The fourth-order valence-electron chi connectivity index (χ4n) is 2.94. The fraction of sp³-hybridized carbons (Fsp3) is 0.333. The van der Waals surface area contributed by atoms with Crippen LogP contribution in [0.25, 0.3) is 11.1 Å². The molecular formula is C18H22N2. The zero-order valence-corrected chi connectivity index (χ0v) is 11.8. The third kappa shape index (κ3) is 3.20. The van der Waals surface area contributed by atoms with E-state index in [2.05, 4.69) is 41.7 Å². The monoisotopic (exact) mass is 266 g/mol. The smallest absolute Gasteiger partial charge is 0.0314 e. The van der Waals surface area contributed by atoms with Crippen molar-refractivity contribution in [3.8, 4) is 11.1 Å². The van der Waals surface area contributed by atoms with E-state index >= 15 is 0 Å². The number of nitrogen functional groups attached to an aromatic ring is 1. The summed E-state index contributed by atoms with van der Waals surface area (Å²) in [7, 11) is 0. The van der Waals surface area contributed by atoms with Gasteiger partial charge in [-0.2, -0.15) is 0 Å². The molecule has 0 aliphatic carbocycles. The van der Waals surface area contributed by atoms with Crippen LogP contribution in [0, 0.1) is 0 Å². The van der Waals surface area contributed by atoms with Gasteiger partial charge in [0.05, 0.1) is 0 Å². The Balaban J connectivity index is 1.76. The summed E-state index contributed by atoms with van der Waals surface area (Å²) in [5, 5.41) is 3.62. The molecule has 0 aromatic heterocycles. The number of anilines is 1. The van der Waals surface area contributed by atoms with Gasteiger partial charge >= 0.3 is 0 Å². The second kappa shape index (κ2) is 6.10. The minimum Gasteiger partial charge on any atom is -0.399 e. The molecule has 3 rings (SSSR count). The second-order valence-corrected chi connectivity index (χ2v) is 5.67. The maximum absolute atomic E-state index is 5.75. The maximum Gasteiger partial charge on any atom is 0.0314 e. The van der Waals surface area contributed by atoms with Crippen molar-refractivity contribution in [1.29, 1.82) is 0 Å². The lowest BCUT2D eigenvalue weighted by atomic mass is 9.95. The molecule has 1 aliphatic rings. The van der Waals surface area contributed by atoms with Crippen molar-refractivity contribution in [1.82, 2.24) is 5.32 Å². The molecule has 20 heavy (non-hydrogen) atoms. The van der Waals surface area contributed by atoms with E-state index in [1.54, 1.807) is 0 Å². The van der Waals surface area contributed by atoms with Crippen LogP contribution in [0.5, 0.6) is 0 Å². The molecule has 1 aliphatic heterocycles. The van der Waals surface area contributed by atoms with E-state index in [-0.39, 0.29) is 0 Å². The highest BCUT2D eigenvalue weighted by Crippen LogP contribution is 2.23. The summed E-state index contributed by atoms with van der Waals surface area (Å²) in [5.74, 6) is 0. The second-order valence-electron chi connectivity index (χ2n) is 5.67. The highest BCUT2D eigenvalue weighted by molar-refractivity contribution is 5.66. The van der Waals surface area contributed by atoms with Gasteiger partial charge in [0.2, 0.25) is 0 Å².